The molecule has 0 atom stereocenters. The molecule has 0 aromatic heterocycles. The molecule has 0 aliphatic heterocycles. The summed E-state index contributed by atoms with van der Waals surface area (Å²) in [7, 11) is 0. The summed E-state index contributed by atoms with van der Waals surface area (Å²) in [6, 6.07) is 9.96. The Hall–Kier alpha value is -3.07. The highest BCUT2D eigenvalue weighted by Crippen LogP contribution is 2.16. The molecule has 0 saturated carbocycles. The van der Waals surface area contributed by atoms with E-state index in [9.17, 15) is 9.18 Å². The van der Waals surface area contributed by atoms with Crippen LogP contribution in [-0.4, -0.2) is 5.97 Å². The standard InChI is InChI=1S/C15H12FN3O2/c16-12-2-9(7-17)1-10(3-12)8-21-15(20)11-4-13(18)6-14(19)5-11/h1-6H,8,18-19H2. The van der Waals surface area contributed by atoms with Crippen LogP contribution in [0.5, 0.6) is 0 Å². The van der Waals surface area contributed by atoms with Gasteiger partial charge in [0.15, 0.2) is 0 Å². The van der Waals surface area contributed by atoms with Gasteiger partial charge in [0.2, 0.25) is 0 Å². The predicted octanol–water partition coefficient (Wildman–Crippen LogP) is 2.22. The van der Waals surface area contributed by atoms with Crippen molar-refractivity contribution >= 4 is 17.3 Å². The first kappa shape index (κ1) is 14.3. The zero-order chi connectivity index (χ0) is 15.4. The molecule has 4 N–H and O–H groups in total. The first-order chi connectivity index (χ1) is 9.97. The third-order valence-corrected chi connectivity index (χ3v) is 2.67. The van der Waals surface area contributed by atoms with Gasteiger partial charge < -0.3 is 16.2 Å². The van der Waals surface area contributed by atoms with Gasteiger partial charge in [-0.2, -0.15) is 5.26 Å². The van der Waals surface area contributed by atoms with Crippen LogP contribution >= 0.6 is 0 Å². The van der Waals surface area contributed by atoms with Gasteiger partial charge >= 0.3 is 5.97 Å². The third-order valence-electron chi connectivity index (χ3n) is 2.67. The van der Waals surface area contributed by atoms with Crippen LogP contribution in [0.1, 0.15) is 21.5 Å². The molecule has 2 aromatic carbocycles. The molecule has 106 valence electrons. The molecule has 5 nitrogen and oxygen atoms in total. The Labute approximate surface area is 120 Å². The van der Waals surface area contributed by atoms with Crippen LogP contribution in [0.15, 0.2) is 36.4 Å². The minimum absolute atomic E-state index is 0.153. The number of nitriles is 1. The molecule has 0 heterocycles. The number of anilines is 2. The van der Waals surface area contributed by atoms with E-state index >= 15 is 0 Å². The first-order valence-corrected chi connectivity index (χ1v) is 6.00. The van der Waals surface area contributed by atoms with E-state index in [-0.39, 0.29) is 17.7 Å². The monoisotopic (exact) mass is 285 g/mol. The fraction of sp³-hybridized carbons (Fsp3) is 0.0667. The number of carbonyl (C=O) groups excluding carboxylic acids is 1. The second-order valence-corrected chi connectivity index (χ2v) is 4.42. The van der Waals surface area contributed by atoms with Crippen LogP contribution in [0.2, 0.25) is 0 Å². The van der Waals surface area contributed by atoms with Gasteiger partial charge in [-0.1, -0.05) is 0 Å². The van der Waals surface area contributed by atoms with Crippen molar-refractivity contribution in [1.29, 1.82) is 5.26 Å². The summed E-state index contributed by atoms with van der Waals surface area (Å²) in [6.07, 6.45) is 0. The Kier molecular flexibility index (Phi) is 4.05. The average molecular weight is 285 g/mol. The summed E-state index contributed by atoms with van der Waals surface area (Å²) in [5, 5.41) is 8.75. The highest BCUT2D eigenvalue weighted by molar-refractivity contribution is 5.91. The number of esters is 1. The highest BCUT2D eigenvalue weighted by atomic mass is 19.1. The molecule has 0 aliphatic carbocycles. The fourth-order valence-electron chi connectivity index (χ4n) is 1.82. The summed E-state index contributed by atoms with van der Waals surface area (Å²) in [4.78, 5) is 11.9. The Morgan fingerprint density at radius 3 is 2.43 bits per heavy atom. The minimum Gasteiger partial charge on any atom is -0.457 e. The fourth-order valence-corrected chi connectivity index (χ4v) is 1.82. The minimum atomic E-state index is -0.628. The Morgan fingerprint density at radius 2 is 1.81 bits per heavy atom. The average Bonchev–Trinajstić information content (AvgIpc) is 2.43. The SMILES string of the molecule is N#Cc1cc(F)cc(COC(=O)c2cc(N)cc(N)c2)c1. The van der Waals surface area contributed by atoms with E-state index < -0.39 is 11.8 Å². The van der Waals surface area contributed by atoms with E-state index in [1.807, 2.05) is 6.07 Å². The number of nitrogens with zero attached hydrogens (tertiary/aromatic N) is 1. The van der Waals surface area contributed by atoms with Crippen LogP contribution in [0.3, 0.4) is 0 Å². The predicted molar refractivity (Wildman–Crippen MR) is 75.5 cm³/mol. The zero-order valence-corrected chi connectivity index (χ0v) is 11.0. The number of ether oxygens (including phenoxy) is 1. The van der Waals surface area contributed by atoms with Gasteiger partial charge in [0, 0.05) is 11.4 Å². The number of halogens is 1. The van der Waals surface area contributed by atoms with Gasteiger partial charge in [-0.05, 0) is 42.0 Å². The number of hydrogen-bond donors (Lipinski definition) is 2. The second-order valence-electron chi connectivity index (χ2n) is 4.42. The number of carbonyl (C=O) groups is 1. The maximum atomic E-state index is 13.2. The van der Waals surface area contributed by atoms with E-state index in [0.29, 0.717) is 16.9 Å². The number of benzene rings is 2. The van der Waals surface area contributed by atoms with Crippen molar-refractivity contribution in [3.8, 4) is 6.07 Å². The Balaban J connectivity index is 2.11. The van der Waals surface area contributed by atoms with E-state index in [0.717, 1.165) is 6.07 Å². The molecular formula is C15H12FN3O2. The van der Waals surface area contributed by atoms with Crippen molar-refractivity contribution in [3.05, 3.63) is 58.9 Å². The summed E-state index contributed by atoms with van der Waals surface area (Å²) >= 11 is 0. The quantitative estimate of drug-likeness (QED) is 0.665. The number of nitrogen functional groups attached to an aromatic ring is 2. The highest BCUT2D eigenvalue weighted by Gasteiger charge is 2.10. The van der Waals surface area contributed by atoms with Crippen molar-refractivity contribution in [2.45, 2.75) is 6.61 Å². The summed E-state index contributed by atoms with van der Waals surface area (Å²) in [6.45, 7) is -0.153. The van der Waals surface area contributed by atoms with Gasteiger partial charge in [-0.3, -0.25) is 0 Å². The molecule has 0 radical (unpaired) electrons. The lowest BCUT2D eigenvalue weighted by Crippen LogP contribution is -2.07. The lowest BCUT2D eigenvalue weighted by molar-refractivity contribution is 0.0472. The van der Waals surface area contributed by atoms with Crippen LogP contribution < -0.4 is 11.5 Å². The van der Waals surface area contributed by atoms with Crippen molar-refractivity contribution < 1.29 is 13.9 Å². The lowest BCUT2D eigenvalue weighted by atomic mass is 10.1. The molecule has 0 spiro atoms. The Morgan fingerprint density at radius 1 is 1.14 bits per heavy atom. The maximum absolute atomic E-state index is 13.2. The molecule has 6 heteroatoms. The van der Waals surface area contributed by atoms with E-state index in [2.05, 4.69) is 0 Å². The zero-order valence-electron chi connectivity index (χ0n) is 11.0. The molecule has 0 bridgehead atoms. The molecule has 0 amide bonds. The summed E-state index contributed by atoms with van der Waals surface area (Å²) in [5.74, 6) is -1.19. The van der Waals surface area contributed by atoms with E-state index in [1.165, 1.54) is 30.3 Å². The Bertz CT molecular complexity index is 718. The van der Waals surface area contributed by atoms with Gasteiger partial charge in [0.05, 0.1) is 17.2 Å². The van der Waals surface area contributed by atoms with Gasteiger partial charge in [-0.25, -0.2) is 9.18 Å². The van der Waals surface area contributed by atoms with Crippen LogP contribution in [-0.2, 0) is 11.3 Å². The molecule has 21 heavy (non-hydrogen) atoms. The topological polar surface area (TPSA) is 102 Å². The normalized spacial score (nSPS) is 9.90. The maximum Gasteiger partial charge on any atom is 0.338 e. The lowest BCUT2D eigenvalue weighted by Gasteiger charge is -2.07. The smallest absolute Gasteiger partial charge is 0.338 e. The molecule has 0 saturated heterocycles. The first-order valence-electron chi connectivity index (χ1n) is 6.00. The van der Waals surface area contributed by atoms with Gasteiger partial charge in [0.25, 0.3) is 0 Å². The van der Waals surface area contributed by atoms with Crippen molar-refractivity contribution in [1.82, 2.24) is 0 Å². The number of hydrogen-bond acceptors (Lipinski definition) is 5. The molecule has 0 fully saturated rings. The number of nitrogens with two attached hydrogens (primary N) is 2. The van der Waals surface area contributed by atoms with E-state index in [1.54, 1.807) is 0 Å². The van der Waals surface area contributed by atoms with Gasteiger partial charge in [-0.15, -0.1) is 0 Å². The van der Waals surface area contributed by atoms with Crippen molar-refractivity contribution in [2.75, 3.05) is 11.5 Å². The largest absolute Gasteiger partial charge is 0.457 e. The molecule has 2 rings (SSSR count). The second kappa shape index (κ2) is 5.92. The number of rotatable bonds is 3. The van der Waals surface area contributed by atoms with Crippen molar-refractivity contribution in [3.63, 3.8) is 0 Å². The van der Waals surface area contributed by atoms with Crippen LogP contribution in [0.25, 0.3) is 0 Å². The third kappa shape index (κ3) is 3.70. The van der Waals surface area contributed by atoms with Gasteiger partial charge in [0.1, 0.15) is 12.4 Å². The van der Waals surface area contributed by atoms with Crippen molar-refractivity contribution in [2.24, 2.45) is 0 Å². The van der Waals surface area contributed by atoms with Crippen LogP contribution in [0, 0.1) is 17.1 Å². The summed E-state index contributed by atoms with van der Waals surface area (Å²) < 4.78 is 18.3. The molecule has 0 aliphatic rings. The summed E-state index contributed by atoms with van der Waals surface area (Å²) in [5.41, 5.74) is 12.6. The molecule has 2 aromatic rings. The molecule has 0 unspecified atom stereocenters. The molecular weight excluding hydrogens is 273 g/mol. The van der Waals surface area contributed by atoms with Crippen LogP contribution in [0.4, 0.5) is 15.8 Å². The van der Waals surface area contributed by atoms with E-state index in [4.69, 9.17) is 21.5 Å².